The maximum absolute atomic E-state index is 13.2. The lowest BCUT2D eigenvalue weighted by atomic mass is 9.87. The fourth-order valence-electron chi connectivity index (χ4n) is 4.10. The molecule has 0 radical (unpaired) electrons. The second-order valence-corrected chi connectivity index (χ2v) is 12.5. The van der Waals surface area contributed by atoms with Gasteiger partial charge in [-0.2, -0.15) is 0 Å². The Labute approximate surface area is 220 Å². The first kappa shape index (κ1) is 28.7. The Morgan fingerprint density at radius 3 is 2.14 bits per heavy atom. The smallest absolute Gasteiger partial charge is 0.273 e. The third-order valence-electron chi connectivity index (χ3n) is 6.38. The Hall–Kier alpha value is -2.87. The van der Waals surface area contributed by atoms with Crippen LogP contribution in [0.5, 0.6) is 11.5 Å². The average molecular weight is 530 g/mol. The van der Waals surface area contributed by atoms with Gasteiger partial charge in [0.1, 0.15) is 11.5 Å². The molecule has 0 saturated carbocycles. The Morgan fingerprint density at radius 2 is 1.51 bits per heavy atom. The number of hydrogen-bond donors (Lipinski definition) is 1. The number of anilines is 1. The molecule has 1 heterocycles. The molecule has 0 bridgehead atoms. The Kier molecular flexibility index (Phi) is 9.76. The van der Waals surface area contributed by atoms with E-state index in [1.807, 2.05) is 0 Å². The molecule has 8 heteroatoms. The van der Waals surface area contributed by atoms with Gasteiger partial charge in [-0.15, -0.1) is 0 Å². The van der Waals surface area contributed by atoms with Crippen molar-refractivity contribution in [3.63, 3.8) is 0 Å². The van der Waals surface area contributed by atoms with Crippen molar-refractivity contribution in [3.05, 3.63) is 42.5 Å². The van der Waals surface area contributed by atoms with Gasteiger partial charge < -0.3 is 14.8 Å². The molecule has 0 aliphatic carbocycles. The molecular formula is C29H39NO6S. The molecule has 1 N–H and O–H groups in total. The van der Waals surface area contributed by atoms with Crippen molar-refractivity contribution in [2.45, 2.75) is 95.0 Å². The van der Waals surface area contributed by atoms with Crippen LogP contribution in [-0.4, -0.2) is 32.8 Å². The lowest BCUT2D eigenvalue weighted by Gasteiger charge is -2.29. The number of rotatable bonds is 13. The first-order valence-electron chi connectivity index (χ1n) is 13.2. The quantitative estimate of drug-likeness (QED) is 0.240. The summed E-state index contributed by atoms with van der Waals surface area (Å²) < 4.78 is 37.8. The number of amides is 1. The van der Waals surface area contributed by atoms with Gasteiger partial charge in [-0.3, -0.25) is 9.59 Å². The summed E-state index contributed by atoms with van der Waals surface area (Å²) in [7, 11) is -3.83. The lowest BCUT2D eigenvalue weighted by Crippen LogP contribution is -2.47. The Morgan fingerprint density at radius 1 is 0.919 bits per heavy atom. The largest absolute Gasteiger partial charge is 0.494 e. The minimum atomic E-state index is -3.83. The van der Waals surface area contributed by atoms with E-state index in [1.165, 1.54) is 68.9 Å². The van der Waals surface area contributed by atoms with Crippen LogP contribution in [0.15, 0.2) is 52.3 Å². The average Bonchev–Trinajstić information content (AvgIpc) is 2.86. The third-order valence-corrected chi connectivity index (χ3v) is 8.15. The van der Waals surface area contributed by atoms with Gasteiger partial charge in [0.2, 0.25) is 15.9 Å². The van der Waals surface area contributed by atoms with Gasteiger partial charge in [0.05, 0.1) is 22.1 Å². The monoisotopic (exact) mass is 529 g/mol. The SMILES string of the molecule is CCCCCCCCCCOc1ccc(S(=O)(=O)c2ccc3c(c2)NC(=O)C(C(=O)C(C)(C)C)O3)cc1. The number of ether oxygens (including phenoxy) is 2. The van der Waals surface area contributed by atoms with E-state index in [-0.39, 0.29) is 27.0 Å². The van der Waals surface area contributed by atoms with Gasteiger partial charge >= 0.3 is 0 Å². The lowest BCUT2D eigenvalue weighted by molar-refractivity contribution is -0.140. The van der Waals surface area contributed by atoms with Crippen molar-refractivity contribution >= 4 is 27.2 Å². The number of ketones is 1. The fraction of sp³-hybridized carbons (Fsp3) is 0.517. The molecule has 0 aromatic heterocycles. The van der Waals surface area contributed by atoms with Crippen molar-refractivity contribution in [2.75, 3.05) is 11.9 Å². The van der Waals surface area contributed by atoms with Crippen molar-refractivity contribution in [2.24, 2.45) is 5.41 Å². The number of Topliss-reactive ketones (excluding diaryl/α,β-unsaturated/α-hetero) is 1. The van der Waals surface area contributed by atoms with Gasteiger partial charge in [0.15, 0.2) is 5.78 Å². The van der Waals surface area contributed by atoms with Crippen LogP contribution in [0, 0.1) is 5.41 Å². The highest BCUT2D eigenvalue weighted by molar-refractivity contribution is 7.91. The van der Waals surface area contributed by atoms with E-state index in [1.54, 1.807) is 32.9 Å². The predicted octanol–water partition coefficient (Wildman–Crippen LogP) is 6.35. The number of fused-ring (bicyclic) bond motifs is 1. The summed E-state index contributed by atoms with van der Waals surface area (Å²) in [6.07, 6.45) is 8.49. The summed E-state index contributed by atoms with van der Waals surface area (Å²) in [4.78, 5) is 25.2. The molecule has 1 aliphatic heterocycles. The fourth-order valence-corrected chi connectivity index (χ4v) is 5.39. The van der Waals surface area contributed by atoms with Crippen LogP contribution >= 0.6 is 0 Å². The van der Waals surface area contributed by atoms with Crippen molar-refractivity contribution < 1.29 is 27.5 Å². The van der Waals surface area contributed by atoms with Gasteiger partial charge in [-0.1, -0.05) is 72.6 Å². The van der Waals surface area contributed by atoms with E-state index < -0.39 is 27.3 Å². The number of benzene rings is 2. The second kappa shape index (κ2) is 12.6. The highest BCUT2D eigenvalue weighted by Gasteiger charge is 2.39. The van der Waals surface area contributed by atoms with Crippen molar-refractivity contribution in [1.29, 1.82) is 0 Å². The summed E-state index contributed by atoms with van der Waals surface area (Å²) in [5.41, 5.74) is -0.540. The van der Waals surface area contributed by atoms with Crippen LogP contribution in [0.25, 0.3) is 0 Å². The maximum Gasteiger partial charge on any atom is 0.273 e. The standard InChI is InChI=1S/C29H39NO6S/c1-5-6-7-8-9-10-11-12-19-35-21-13-15-22(16-14-21)37(33,34)23-17-18-25-24(20-23)30-28(32)26(36-25)27(31)29(2,3)4/h13-18,20,26H,5-12,19H2,1-4H3,(H,30,32). The Balaban J connectivity index is 1.58. The summed E-state index contributed by atoms with van der Waals surface area (Å²) in [5, 5.41) is 2.62. The second-order valence-electron chi connectivity index (χ2n) is 10.6. The van der Waals surface area contributed by atoms with Crippen LogP contribution in [0.3, 0.4) is 0 Å². The molecule has 1 atom stereocenters. The van der Waals surface area contributed by atoms with E-state index in [0.29, 0.717) is 12.4 Å². The molecule has 7 nitrogen and oxygen atoms in total. The molecule has 202 valence electrons. The van der Waals surface area contributed by atoms with Gasteiger partial charge in [-0.05, 0) is 48.9 Å². The molecule has 1 unspecified atom stereocenters. The van der Waals surface area contributed by atoms with E-state index in [9.17, 15) is 18.0 Å². The first-order chi connectivity index (χ1) is 17.5. The summed E-state index contributed by atoms with van der Waals surface area (Å²) in [6.45, 7) is 7.96. The number of carbonyl (C=O) groups excluding carboxylic acids is 2. The van der Waals surface area contributed by atoms with Crippen LogP contribution in [0.2, 0.25) is 0 Å². The molecule has 2 aromatic rings. The van der Waals surface area contributed by atoms with E-state index in [4.69, 9.17) is 9.47 Å². The van der Waals surface area contributed by atoms with Crippen LogP contribution in [0.4, 0.5) is 5.69 Å². The molecule has 1 aliphatic rings. The number of nitrogens with one attached hydrogen (secondary N) is 1. The summed E-state index contributed by atoms with van der Waals surface area (Å²) >= 11 is 0. The molecule has 0 spiro atoms. The highest BCUT2D eigenvalue weighted by Crippen LogP contribution is 2.35. The first-order valence-corrected chi connectivity index (χ1v) is 14.7. The topological polar surface area (TPSA) is 98.8 Å². The molecule has 1 amide bonds. The zero-order valence-corrected chi connectivity index (χ0v) is 23.2. The van der Waals surface area contributed by atoms with Gasteiger partial charge in [0.25, 0.3) is 5.91 Å². The summed E-state index contributed by atoms with van der Waals surface area (Å²) in [5.74, 6) is -0.0783. The predicted molar refractivity (Wildman–Crippen MR) is 144 cm³/mol. The van der Waals surface area contributed by atoms with Crippen LogP contribution < -0.4 is 14.8 Å². The molecule has 3 rings (SSSR count). The van der Waals surface area contributed by atoms with Gasteiger partial charge in [-0.25, -0.2) is 8.42 Å². The minimum Gasteiger partial charge on any atom is -0.494 e. The maximum atomic E-state index is 13.2. The third kappa shape index (κ3) is 7.57. The number of carbonyl (C=O) groups is 2. The highest BCUT2D eigenvalue weighted by atomic mass is 32.2. The van der Waals surface area contributed by atoms with Crippen LogP contribution in [0.1, 0.15) is 79.1 Å². The van der Waals surface area contributed by atoms with E-state index >= 15 is 0 Å². The zero-order valence-electron chi connectivity index (χ0n) is 22.3. The Bertz CT molecular complexity index is 1180. The zero-order chi connectivity index (χ0) is 27.1. The molecule has 37 heavy (non-hydrogen) atoms. The number of hydrogen-bond acceptors (Lipinski definition) is 6. The minimum absolute atomic E-state index is 0.0170. The van der Waals surface area contributed by atoms with Crippen molar-refractivity contribution in [1.82, 2.24) is 0 Å². The van der Waals surface area contributed by atoms with Crippen molar-refractivity contribution in [3.8, 4) is 11.5 Å². The molecular weight excluding hydrogens is 490 g/mol. The van der Waals surface area contributed by atoms with Gasteiger partial charge in [0, 0.05) is 5.41 Å². The normalized spacial score (nSPS) is 15.5. The summed E-state index contributed by atoms with van der Waals surface area (Å²) in [6, 6.07) is 10.6. The van der Waals surface area contributed by atoms with Crippen LogP contribution in [-0.2, 0) is 19.4 Å². The molecule has 0 fully saturated rings. The number of unbranched alkanes of at least 4 members (excludes halogenated alkanes) is 7. The number of sulfone groups is 1. The molecule has 2 aromatic carbocycles. The van der Waals surface area contributed by atoms with E-state index in [2.05, 4.69) is 12.2 Å². The van der Waals surface area contributed by atoms with E-state index in [0.717, 1.165) is 12.8 Å². The molecule has 0 saturated heterocycles.